The van der Waals surface area contributed by atoms with E-state index in [-0.39, 0.29) is 5.88 Å². The molecule has 0 aromatic carbocycles. The predicted molar refractivity (Wildman–Crippen MR) is 54.3 cm³/mol. The number of rotatable bonds is 6. The predicted octanol–water partition coefficient (Wildman–Crippen LogP) is 0.0920. The van der Waals surface area contributed by atoms with Gasteiger partial charge in [0.15, 0.2) is 0 Å². The molecule has 0 aromatic rings. The molecule has 0 N–H and O–H groups in total. The standard InChI is InChI=1S/C8H10Cl2O6/c1-14-8(13)5(16-7(12)3-10)4-15-6(11)2-9/h5H,2-4H2,1H3/t5-/m0/s1. The summed E-state index contributed by atoms with van der Waals surface area (Å²) >= 11 is 10.3. The molecule has 6 nitrogen and oxygen atoms in total. The Morgan fingerprint density at radius 1 is 1.12 bits per heavy atom. The summed E-state index contributed by atoms with van der Waals surface area (Å²) in [4.78, 5) is 32.6. The fraction of sp³-hybridized carbons (Fsp3) is 0.625. The maximum atomic E-state index is 11.1. The van der Waals surface area contributed by atoms with E-state index in [9.17, 15) is 14.4 Å². The summed E-state index contributed by atoms with van der Waals surface area (Å²) in [5.74, 6) is -3.19. The minimum atomic E-state index is -1.33. The van der Waals surface area contributed by atoms with Crippen LogP contribution >= 0.6 is 23.2 Å². The quantitative estimate of drug-likeness (QED) is 0.388. The zero-order valence-electron chi connectivity index (χ0n) is 8.40. The van der Waals surface area contributed by atoms with Crippen LogP contribution in [0.2, 0.25) is 0 Å². The summed E-state index contributed by atoms with van der Waals surface area (Å²) < 4.78 is 13.5. The number of hydrogen-bond acceptors (Lipinski definition) is 6. The van der Waals surface area contributed by atoms with E-state index < -0.39 is 36.5 Å². The van der Waals surface area contributed by atoms with Crippen LogP contribution in [0.4, 0.5) is 0 Å². The summed E-state index contributed by atoms with van der Waals surface area (Å²) in [6.45, 7) is -0.457. The molecule has 1 atom stereocenters. The molecule has 0 rings (SSSR count). The molecule has 0 aromatic heterocycles. The first kappa shape index (κ1) is 15.0. The monoisotopic (exact) mass is 272 g/mol. The summed E-state index contributed by atoms with van der Waals surface area (Å²) in [6.07, 6.45) is -1.33. The molecule has 0 bridgehead atoms. The lowest BCUT2D eigenvalue weighted by Crippen LogP contribution is -2.34. The summed E-state index contributed by atoms with van der Waals surface area (Å²) in [5, 5.41) is 0. The minimum absolute atomic E-state index is 0.364. The summed E-state index contributed by atoms with van der Waals surface area (Å²) in [7, 11) is 1.10. The molecule has 0 saturated carbocycles. The van der Waals surface area contributed by atoms with Crippen LogP contribution in [0.3, 0.4) is 0 Å². The van der Waals surface area contributed by atoms with Crippen molar-refractivity contribution in [2.45, 2.75) is 6.10 Å². The third-order valence-corrected chi connectivity index (χ3v) is 1.79. The molecule has 0 fully saturated rings. The molecule has 0 radical (unpaired) electrons. The van der Waals surface area contributed by atoms with Gasteiger partial charge in [0.05, 0.1) is 7.11 Å². The van der Waals surface area contributed by atoms with Crippen molar-refractivity contribution in [3.8, 4) is 0 Å². The Morgan fingerprint density at radius 2 is 1.69 bits per heavy atom. The van der Waals surface area contributed by atoms with Crippen LogP contribution in [0.15, 0.2) is 0 Å². The average molecular weight is 273 g/mol. The maximum Gasteiger partial charge on any atom is 0.350 e. The number of esters is 3. The number of methoxy groups -OCH3 is 1. The van der Waals surface area contributed by atoms with Gasteiger partial charge >= 0.3 is 17.9 Å². The van der Waals surface area contributed by atoms with Gasteiger partial charge in [-0.05, 0) is 0 Å². The van der Waals surface area contributed by atoms with Gasteiger partial charge in [-0.3, -0.25) is 9.59 Å². The number of hydrogen-bond donors (Lipinski definition) is 0. The van der Waals surface area contributed by atoms with Crippen molar-refractivity contribution in [1.29, 1.82) is 0 Å². The largest absolute Gasteiger partial charge is 0.466 e. The molecule has 8 heteroatoms. The van der Waals surface area contributed by atoms with Gasteiger partial charge in [0, 0.05) is 0 Å². The van der Waals surface area contributed by atoms with Crippen LogP contribution in [0.1, 0.15) is 0 Å². The Labute approximate surface area is 102 Å². The van der Waals surface area contributed by atoms with Crippen molar-refractivity contribution < 1.29 is 28.6 Å². The van der Waals surface area contributed by atoms with Gasteiger partial charge in [-0.2, -0.15) is 0 Å². The van der Waals surface area contributed by atoms with Crippen LogP contribution in [0.25, 0.3) is 0 Å². The molecule has 16 heavy (non-hydrogen) atoms. The molecule has 0 heterocycles. The van der Waals surface area contributed by atoms with Crippen molar-refractivity contribution >= 4 is 41.1 Å². The topological polar surface area (TPSA) is 78.9 Å². The Hall–Kier alpha value is -1.01. The first-order valence-electron chi connectivity index (χ1n) is 4.10. The van der Waals surface area contributed by atoms with E-state index in [0.29, 0.717) is 0 Å². The van der Waals surface area contributed by atoms with Crippen molar-refractivity contribution in [1.82, 2.24) is 0 Å². The molecule has 0 amide bonds. The van der Waals surface area contributed by atoms with Crippen LogP contribution < -0.4 is 0 Å². The highest BCUT2D eigenvalue weighted by Crippen LogP contribution is 1.99. The average Bonchev–Trinajstić information content (AvgIpc) is 2.32. The molecule has 0 aliphatic carbocycles. The molecule has 0 aliphatic heterocycles. The molecule has 0 aliphatic rings. The minimum Gasteiger partial charge on any atom is -0.466 e. The van der Waals surface area contributed by atoms with Crippen LogP contribution in [0, 0.1) is 0 Å². The van der Waals surface area contributed by atoms with Crippen LogP contribution in [0.5, 0.6) is 0 Å². The number of carbonyl (C=O) groups excluding carboxylic acids is 3. The first-order valence-corrected chi connectivity index (χ1v) is 5.16. The second-order valence-electron chi connectivity index (χ2n) is 2.45. The second-order valence-corrected chi connectivity index (χ2v) is 2.99. The fourth-order valence-electron chi connectivity index (χ4n) is 0.679. The smallest absolute Gasteiger partial charge is 0.350 e. The van der Waals surface area contributed by atoms with Crippen molar-refractivity contribution in [3.05, 3.63) is 0 Å². The zero-order valence-corrected chi connectivity index (χ0v) is 9.92. The molecule has 0 saturated heterocycles. The van der Waals surface area contributed by atoms with Gasteiger partial charge in [-0.15, -0.1) is 23.2 Å². The Bertz CT molecular complexity index is 267. The van der Waals surface area contributed by atoms with Crippen LogP contribution in [-0.4, -0.2) is 49.5 Å². The molecule has 0 spiro atoms. The number of alkyl halides is 2. The SMILES string of the molecule is COC(=O)[C@H](COC(=O)CCl)OC(=O)CCl. The first-order chi connectivity index (χ1) is 7.54. The Balaban J connectivity index is 4.26. The van der Waals surface area contributed by atoms with Gasteiger partial charge in [0.2, 0.25) is 6.10 Å². The van der Waals surface area contributed by atoms with Gasteiger partial charge in [-0.1, -0.05) is 0 Å². The van der Waals surface area contributed by atoms with Crippen LogP contribution in [-0.2, 0) is 28.6 Å². The van der Waals surface area contributed by atoms with E-state index in [4.69, 9.17) is 23.2 Å². The van der Waals surface area contributed by atoms with E-state index in [0.717, 1.165) is 7.11 Å². The normalized spacial score (nSPS) is 11.4. The third-order valence-electron chi connectivity index (χ3n) is 1.35. The highest BCUT2D eigenvalue weighted by molar-refractivity contribution is 6.26. The van der Waals surface area contributed by atoms with E-state index in [1.807, 2.05) is 0 Å². The van der Waals surface area contributed by atoms with E-state index >= 15 is 0 Å². The van der Waals surface area contributed by atoms with Crippen molar-refractivity contribution in [2.75, 3.05) is 25.5 Å². The van der Waals surface area contributed by atoms with Gasteiger partial charge in [-0.25, -0.2) is 4.79 Å². The van der Waals surface area contributed by atoms with Crippen molar-refractivity contribution in [2.24, 2.45) is 0 Å². The highest BCUT2D eigenvalue weighted by Gasteiger charge is 2.25. The van der Waals surface area contributed by atoms with E-state index in [2.05, 4.69) is 14.2 Å². The lowest BCUT2D eigenvalue weighted by atomic mass is 10.4. The number of carbonyl (C=O) groups is 3. The second kappa shape index (κ2) is 8.18. The summed E-state index contributed by atoms with van der Waals surface area (Å²) in [5.41, 5.74) is 0. The van der Waals surface area contributed by atoms with Gasteiger partial charge in [0.25, 0.3) is 0 Å². The molecular weight excluding hydrogens is 263 g/mol. The number of ether oxygens (including phenoxy) is 3. The Morgan fingerprint density at radius 3 is 2.12 bits per heavy atom. The van der Waals surface area contributed by atoms with Gasteiger partial charge in [0.1, 0.15) is 18.4 Å². The van der Waals surface area contributed by atoms with Gasteiger partial charge < -0.3 is 14.2 Å². The maximum absolute atomic E-state index is 11.1. The Kier molecular flexibility index (Phi) is 7.66. The lowest BCUT2D eigenvalue weighted by Gasteiger charge is -2.14. The lowest BCUT2D eigenvalue weighted by molar-refractivity contribution is -0.170. The highest BCUT2D eigenvalue weighted by atomic mass is 35.5. The van der Waals surface area contributed by atoms with Crippen molar-refractivity contribution in [3.63, 3.8) is 0 Å². The third kappa shape index (κ3) is 5.77. The molecular formula is C8H10Cl2O6. The summed E-state index contributed by atoms with van der Waals surface area (Å²) in [6, 6.07) is 0. The van der Waals surface area contributed by atoms with E-state index in [1.165, 1.54) is 0 Å². The molecule has 92 valence electrons. The van der Waals surface area contributed by atoms with E-state index in [1.54, 1.807) is 0 Å². The molecule has 0 unspecified atom stereocenters. The fourth-order valence-corrected chi connectivity index (χ4v) is 0.819. The zero-order chi connectivity index (χ0) is 12.6. The number of halogens is 2.